The number of carboxylic acid groups (broad SMARTS) is 1. The second-order valence-electron chi connectivity index (χ2n) is 9.33. The average molecular weight is 513 g/mol. The minimum Gasteiger partial charge on any atom is -0.465 e. The Bertz CT molecular complexity index is 1220. The van der Waals surface area contributed by atoms with E-state index in [-0.39, 0.29) is 31.4 Å². The topological polar surface area (TPSA) is 135 Å². The van der Waals surface area contributed by atoms with Gasteiger partial charge >= 0.3 is 6.09 Å². The lowest BCUT2D eigenvalue weighted by Gasteiger charge is -2.33. The number of carbonyl (C=O) groups is 1. The van der Waals surface area contributed by atoms with Crippen molar-refractivity contribution in [3.05, 3.63) is 30.5 Å². The van der Waals surface area contributed by atoms with Gasteiger partial charge in [-0.2, -0.15) is 5.10 Å². The Morgan fingerprint density at radius 3 is 2.41 bits per heavy atom. The maximum atomic E-state index is 11.6. The standard InChI is InChI=1S/C25H32N6O6/c1-35-14-18(15-36-2)31-24-21(11-26-31)23(29-12-19-7-8-20(13-29)37-19)27-22(28-24)16-3-5-17(6-4-16)30(9-10-32)25(33)34/h3-6,11,18-20,32H,7-10,12-15H2,1-2H3,(H,33,34). The van der Waals surface area contributed by atoms with Gasteiger partial charge in [0.1, 0.15) is 11.9 Å². The van der Waals surface area contributed by atoms with Gasteiger partial charge in [0, 0.05) is 38.6 Å². The predicted octanol–water partition coefficient (Wildman–Crippen LogP) is 2.17. The highest BCUT2D eigenvalue weighted by Gasteiger charge is 2.35. The first kappa shape index (κ1) is 25.3. The molecule has 0 spiro atoms. The monoisotopic (exact) mass is 512 g/mol. The number of hydrogen-bond donors (Lipinski definition) is 2. The molecule has 0 radical (unpaired) electrons. The van der Waals surface area contributed by atoms with Crippen molar-refractivity contribution < 1.29 is 29.2 Å². The molecule has 2 fully saturated rings. The zero-order chi connectivity index (χ0) is 25.9. The molecule has 3 aromatic rings. The summed E-state index contributed by atoms with van der Waals surface area (Å²) in [6, 6.07) is 6.79. The maximum Gasteiger partial charge on any atom is 0.411 e. The Morgan fingerprint density at radius 2 is 1.81 bits per heavy atom. The lowest BCUT2D eigenvalue weighted by atomic mass is 10.1. The molecule has 5 rings (SSSR count). The van der Waals surface area contributed by atoms with Crippen molar-refractivity contribution in [2.24, 2.45) is 0 Å². The number of rotatable bonds is 10. The molecule has 2 saturated heterocycles. The number of aromatic nitrogens is 4. The number of fused-ring (bicyclic) bond motifs is 3. The van der Waals surface area contributed by atoms with Crippen molar-refractivity contribution in [3.8, 4) is 11.4 Å². The van der Waals surface area contributed by atoms with Crippen molar-refractivity contribution >= 4 is 28.6 Å². The molecule has 37 heavy (non-hydrogen) atoms. The molecular formula is C25H32N6O6. The Kier molecular flexibility index (Phi) is 7.51. The third-order valence-electron chi connectivity index (χ3n) is 6.83. The molecule has 12 heteroatoms. The van der Waals surface area contributed by atoms with Crippen LogP contribution in [-0.2, 0) is 14.2 Å². The molecule has 2 aromatic heterocycles. The van der Waals surface area contributed by atoms with Gasteiger partial charge in [0.05, 0.1) is 50.2 Å². The minimum absolute atomic E-state index is 0.0137. The third kappa shape index (κ3) is 5.10. The number of nitrogens with zero attached hydrogens (tertiary/aromatic N) is 6. The first-order valence-electron chi connectivity index (χ1n) is 12.4. The lowest BCUT2D eigenvalue weighted by Crippen LogP contribution is -2.43. The SMILES string of the molecule is COCC(COC)n1ncc2c(N3CC4CCC(C3)O4)nc(-c3ccc(N(CCO)C(=O)O)cc3)nc21. The molecule has 2 aliphatic rings. The van der Waals surface area contributed by atoms with Crippen LogP contribution in [0.5, 0.6) is 0 Å². The predicted molar refractivity (Wildman–Crippen MR) is 136 cm³/mol. The van der Waals surface area contributed by atoms with Crippen LogP contribution in [0.25, 0.3) is 22.4 Å². The van der Waals surface area contributed by atoms with Crippen molar-refractivity contribution in [2.45, 2.75) is 31.1 Å². The van der Waals surface area contributed by atoms with Gasteiger partial charge in [-0.05, 0) is 37.1 Å². The van der Waals surface area contributed by atoms with Crippen LogP contribution in [0.4, 0.5) is 16.3 Å². The summed E-state index contributed by atoms with van der Waals surface area (Å²) in [5, 5.41) is 24.2. The first-order chi connectivity index (χ1) is 18.0. The number of hydrogen-bond acceptors (Lipinski definition) is 9. The summed E-state index contributed by atoms with van der Waals surface area (Å²) in [5.74, 6) is 1.31. The molecule has 0 aliphatic carbocycles. The van der Waals surface area contributed by atoms with Crippen LogP contribution in [0.3, 0.4) is 0 Å². The maximum absolute atomic E-state index is 11.6. The van der Waals surface area contributed by atoms with Crippen LogP contribution in [0.15, 0.2) is 30.5 Å². The quantitative estimate of drug-likeness (QED) is 0.416. The molecule has 198 valence electrons. The number of anilines is 2. The molecule has 0 saturated carbocycles. The van der Waals surface area contributed by atoms with Gasteiger partial charge in [0.25, 0.3) is 0 Å². The summed E-state index contributed by atoms with van der Waals surface area (Å²) in [6.07, 6.45) is 3.12. The van der Waals surface area contributed by atoms with Crippen LogP contribution in [0.2, 0.25) is 0 Å². The zero-order valence-electron chi connectivity index (χ0n) is 21.0. The lowest BCUT2D eigenvalue weighted by molar-refractivity contribution is 0.0303. The van der Waals surface area contributed by atoms with Crippen LogP contribution >= 0.6 is 0 Å². The van der Waals surface area contributed by atoms with Crippen molar-refractivity contribution in [1.82, 2.24) is 19.7 Å². The number of ether oxygens (including phenoxy) is 3. The first-order valence-corrected chi connectivity index (χ1v) is 12.4. The fourth-order valence-corrected chi connectivity index (χ4v) is 5.14. The van der Waals surface area contributed by atoms with E-state index in [1.54, 1.807) is 44.7 Å². The summed E-state index contributed by atoms with van der Waals surface area (Å²) in [6.45, 7) is 2.03. The van der Waals surface area contributed by atoms with Crippen molar-refractivity contribution in [1.29, 1.82) is 0 Å². The molecule has 2 bridgehead atoms. The summed E-state index contributed by atoms with van der Waals surface area (Å²) >= 11 is 0. The van der Waals surface area contributed by atoms with Gasteiger partial charge in [-0.15, -0.1) is 0 Å². The normalized spacial score (nSPS) is 19.2. The van der Waals surface area contributed by atoms with E-state index in [0.29, 0.717) is 30.4 Å². The van der Waals surface area contributed by atoms with Gasteiger partial charge in [0.15, 0.2) is 11.5 Å². The zero-order valence-corrected chi connectivity index (χ0v) is 21.0. The van der Waals surface area contributed by atoms with E-state index < -0.39 is 6.09 Å². The largest absolute Gasteiger partial charge is 0.465 e. The summed E-state index contributed by atoms with van der Waals surface area (Å²) in [7, 11) is 3.28. The number of amides is 1. The minimum atomic E-state index is -1.13. The summed E-state index contributed by atoms with van der Waals surface area (Å²) in [4.78, 5) is 24.8. The van der Waals surface area contributed by atoms with Gasteiger partial charge in [-0.3, -0.25) is 4.90 Å². The van der Waals surface area contributed by atoms with E-state index in [1.165, 1.54) is 0 Å². The van der Waals surface area contributed by atoms with Gasteiger partial charge in [0.2, 0.25) is 0 Å². The van der Waals surface area contributed by atoms with Gasteiger partial charge in [-0.25, -0.2) is 19.4 Å². The van der Waals surface area contributed by atoms with E-state index in [4.69, 9.17) is 24.2 Å². The molecule has 12 nitrogen and oxygen atoms in total. The number of aliphatic hydroxyl groups is 1. The third-order valence-corrected chi connectivity index (χ3v) is 6.83. The van der Waals surface area contributed by atoms with E-state index >= 15 is 0 Å². The fourth-order valence-electron chi connectivity index (χ4n) is 5.14. The second-order valence-corrected chi connectivity index (χ2v) is 9.33. The molecule has 2 atom stereocenters. The molecular weight excluding hydrogens is 480 g/mol. The molecule has 1 amide bonds. The Labute approximate surface area is 214 Å². The van der Waals surface area contributed by atoms with Crippen LogP contribution in [0.1, 0.15) is 18.9 Å². The average Bonchev–Trinajstić information content (AvgIpc) is 3.48. The summed E-state index contributed by atoms with van der Waals surface area (Å²) in [5.41, 5.74) is 1.87. The second kappa shape index (κ2) is 11.0. The molecule has 1 aromatic carbocycles. The molecule has 4 heterocycles. The van der Waals surface area contributed by atoms with E-state index in [2.05, 4.69) is 10.00 Å². The smallest absolute Gasteiger partial charge is 0.411 e. The number of benzene rings is 1. The van der Waals surface area contributed by atoms with Gasteiger partial charge < -0.3 is 29.3 Å². The summed E-state index contributed by atoms with van der Waals surface area (Å²) < 4.78 is 18.7. The number of aliphatic hydroxyl groups excluding tert-OH is 1. The molecule has 2 unspecified atom stereocenters. The molecule has 2 N–H and O–H groups in total. The highest BCUT2D eigenvalue weighted by atomic mass is 16.5. The number of methoxy groups -OCH3 is 2. The van der Waals surface area contributed by atoms with Crippen LogP contribution < -0.4 is 9.80 Å². The Balaban J connectivity index is 1.58. The molecule has 2 aliphatic heterocycles. The number of morpholine rings is 1. The Morgan fingerprint density at radius 1 is 1.14 bits per heavy atom. The van der Waals surface area contributed by atoms with E-state index in [1.807, 2.05) is 4.68 Å². The van der Waals surface area contributed by atoms with Crippen molar-refractivity contribution in [2.75, 3.05) is 63.5 Å². The van der Waals surface area contributed by atoms with Crippen LogP contribution in [0, 0.1) is 0 Å². The van der Waals surface area contributed by atoms with Crippen molar-refractivity contribution in [3.63, 3.8) is 0 Å². The van der Waals surface area contributed by atoms with E-state index in [0.717, 1.165) is 47.6 Å². The highest BCUT2D eigenvalue weighted by molar-refractivity contribution is 5.89. The Hall–Kier alpha value is -3.32. The van der Waals surface area contributed by atoms with Gasteiger partial charge in [-0.1, -0.05) is 0 Å². The highest BCUT2D eigenvalue weighted by Crippen LogP contribution is 2.34. The fraction of sp³-hybridized carbons (Fsp3) is 0.520. The van der Waals surface area contributed by atoms with Crippen LogP contribution in [-0.4, -0.2) is 102 Å². The van der Waals surface area contributed by atoms with E-state index in [9.17, 15) is 15.0 Å².